The van der Waals surface area contributed by atoms with E-state index in [1.807, 2.05) is 13.8 Å². The second-order valence-electron chi connectivity index (χ2n) is 4.09. The van der Waals surface area contributed by atoms with Gasteiger partial charge in [0.05, 0.1) is 13.2 Å². The Morgan fingerprint density at radius 1 is 1.38 bits per heavy atom. The van der Waals surface area contributed by atoms with Gasteiger partial charge in [0.2, 0.25) is 11.8 Å². The number of rotatable bonds is 5. The molecule has 1 heterocycles. The zero-order valence-electron chi connectivity index (χ0n) is 10.3. The normalized spacial score (nSPS) is 14.3. The minimum Gasteiger partial charge on any atom is -0.481 e. The minimum atomic E-state index is -0.341. The fourth-order valence-electron chi connectivity index (χ4n) is 1.03. The van der Waals surface area contributed by atoms with Gasteiger partial charge in [-0.15, -0.1) is 0 Å². The van der Waals surface area contributed by atoms with Crippen LogP contribution in [0.25, 0.3) is 0 Å². The van der Waals surface area contributed by atoms with Crippen molar-refractivity contribution in [3.63, 3.8) is 0 Å². The van der Waals surface area contributed by atoms with E-state index in [4.69, 9.17) is 15.2 Å². The summed E-state index contributed by atoms with van der Waals surface area (Å²) in [6.07, 6.45) is 0.841. The zero-order valence-corrected chi connectivity index (χ0v) is 10.3. The SMILES string of the molecule is CCC(C)(N)COc1cc(OC)nc(C)n1. The van der Waals surface area contributed by atoms with Gasteiger partial charge in [0.1, 0.15) is 12.4 Å². The monoisotopic (exact) mass is 225 g/mol. The molecular weight excluding hydrogens is 206 g/mol. The van der Waals surface area contributed by atoms with Crippen LogP contribution in [0.15, 0.2) is 6.07 Å². The molecule has 0 aliphatic heterocycles. The Balaban J connectivity index is 2.70. The molecule has 1 rings (SSSR count). The van der Waals surface area contributed by atoms with E-state index in [1.54, 1.807) is 20.1 Å². The second kappa shape index (κ2) is 5.12. The Hall–Kier alpha value is -1.36. The lowest BCUT2D eigenvalue weighted by Crippen LogP contribution is -2.41. The average Bonchev–Trinajstić information content (AvgIpc) is 2.26. The molecule has 0 spiro atoms. The molecule has 2 N–H and O–H groups in total. The highest BCUT2D eigenvalue weighted by atomic mass is 16.5. The lowest BCUT2D eigenvalue weighted by molar-refractivity contribution is 0.216. The largest absolute Gasteiger partial charge is 0.481 e. The highest BCUT2D eigenvalue weighted by Crippen LogP contribution is 2.16. The van der Waals surface area contributed by atoms with Gasteiger partial charge >= 0.3 is 0 Å². The molecule has 1 unspecified atom stereocenters. The first-order valence-corrected chi connectivity index (χ1v) is 5.28. The van der Waals surface area contributed by atoms with Crippen LogP contribution in [-0.2, 0) is 0 Å². The lowest BCUT2D eigenvalue weighted by atomic mass is 10.0. The van der Waals surface area contributed by atoms with Gasteiger partial charge in [-0.25, -0.2) is 0 Å². The summed E-state index contributed by atoms with van der Waals surface area (Å²) in [4.78, 5) is 8.22. The first kappa shape index (κ1) is 12.7. The van der Waals surface area contributed by atoms with Crippen molar-refractivity contribution >= 4 is 0 Å². The van der Waals surface area contributed by atoms with Gasteiger partial charge in [0.25, 0.3) is 0 Å². The Labute approximate surface area is 96.0 Å². The zero-order chi connectivity index (χ0) is 12.2. The summed E-state index contributed by atoms with van der Waals surface area (Å²) in [5.74, 6) is 1.61. The molecule has 0 aromatic carbocycles. The highest BCUT2D eigenvalue weighted by Gasteiger charge is 2.17. The maximum atomic E-state index is 5.97. The summed E-state index contributed by atoms with van der Waals surface area (Å²) in [6, 6.07) is 1.65. The maximum absolute atomic E-state index is 5.97. The van der Waals surface area contributed by atoms with E-state index >= 15 is 0 Å². The van der Waals surface area contributed by atoms with Gasteiger partial charge in [-0.2, -0.15) is 9.97 Å². The highest BCUT2D eigenvalue weighted by molar-refractivity contribution is 5.20. The van der Waals surface area contributed by atoms with Crippen molar-refractivity contribution in [3.05, 3.63) is 11.9 Å². The van der Waals surface area contributed by atoms with Gasteiger partial charge in [0, 0.05) is 5.54 Å². The third-order valence-electron chi connectivity index (χ3n) is 2.36. The lowest BCUT2D eigenvalue weighted by Gasteiger charge is -2.22. The van der Waals surface area contributed by atoms with Gasteiger partial charge < -0.3 is 15.2 Å². The van der Waals surface area contributed by atoms with Gasteiger partial charge in [0.15, 0.2) is 0 Å². The molecule has 1 aromatic rings. The predicted molar refractivity (Wildman–Crippen MR) is 61.7 cm³/mol. The fraction of sp³-hybridized carbons (Fsp3) is 0.636. The Morgan fingerprint density at radius 2 is 2.00 bits per heavy atom. The Morgan fingerprint density at radius 3 is 2.56 bits per heavy atom. The number of nitrogens with two attached hydrogens (primary N) is 1. The molecule has 5 nitrogen and oxygen atoms in total. The van der Waals surface area contributed by atoms with Gasteiger partial charge in [-0.3, -0.25) is 0 Å². The molecule has 16 heavy (non-hydrogen) atoms. The van der Waals surface area contributed by atoms with Crippen LogP contribution in [0.4, 0.5) is 0 Å². The van der Waals surface area contributed by atoms with Crippen LogP contribution in [0.5, 0.6) is 11.8 Å². The Kier molecular flexibility index (Phi) is 4.06. The summed E-state index contributed by atoms with van der Waals surface area (Å²) in [5.41, 5.74) is 5.63. The van der Waals surface area contributed by atoms with E-state index in [0.29, 0.717) is 24.2 Å². The molecular formula is C11H19N3O2. The molecule has 0 saturated heterocycles. The number of methoxy groups -OCH3 is 1. The topological polar surface area (TPSA) is 70.3 Å². The summed E-state index contributed by atoms with van der Waals surface area (Å²) in [6.45, 7) is 6.17. The first-order chi connectivity index (χ1) is 7.46. The third-order valence-corrected chi connectivity index (χ3v) is 2.36. The summed E-state index contributed by atoms with van der Waals surface area (Å²) in [7, 11) is 1.56. The van der Waals surface area contributed by atoms with E-state index in [0.717, 1.165) is 6.42 Å². The fourth-order valence-corrected chi connectivity index (χ4v) is 1.03. The van der Waals surface area contributed by atoms with Crippen molar-refractivity contribution in [1.82, 2.24) is 9.97 Å². The van der Waals surface area contributed by atoms with Gasteiger partial charge in [-0.1, -0.05) is 6.92 Å². The van der Waals surface area contributed by atoms with Crippen LogP contribution in [-0.4, -0.2) is 29.2 Å². The summed E-state index contributed by atoms with van der Waals surface area (Å²) >= 11 is 0. The Bertz CT molecular complexity index is 353. The van der Waals surface area contributed by atoms with Crippen LogP contribution in [0.1, 0.15) is 26.1 Å². The van der Waals surface area contributed by atoms with E-state index in [2.05, 4.69) is 9.97 Å². The van der Waals surface area contributed by atoms with Crippen molar-refractivity contribution < 1.29 is 9.47 Å². The van der Waals surface area contributed by atoms with Crippen molar-refractivity contribution in [1.29, 1.82) is 0 Å². The van der Waals surface area contributed by atoms with Crippen molar-refractivity contribution in [2.45, 2.75) is 32.7 Å². The molecule has 0 aliphatic rings. The van der Waals surface area contributed by atoms with Crippen molar-refractivity contribution in [2.75, 3.05) is 13.7 Å². The predicted octanol–water partition coefficient (Wildman–Crippen LogP) is 1.30. The minimum absolute atomic E-state index is 0.341. The second-order valence-corrected chi connectivity index (χ2v) is 4.09. The van der Waals surface area contributed by atoms with Crippen LogP contribution in [0.3, 0.4) is 0 Å². The molecule has 0 amide bonds. The molecule has 0 radical (unpaired) electrons. The number of aryl methyl sites for hydroxylation is 1. The third kappa shape index (κ3) is 3.66. The number of ether oxygens (including phenoxy) is 2. The average molecular weight is 225 g/mol. The van der Waals surface area contributed by atoms with Crippen LogP contribution >= 0.6 is 0 Å². The van der Waals surface area contributed by atoms with E-state index in [-0.39, 0.29) is 5.54 Å². The quantitative estimate of drug-likeness (QED) is 0.817. The molecule has 0 fully saturated rings. The van der Waals surface area contributed by atoms with E-state index in [1.165, 1.54) is 0 Å². The maximum Gasteiger partial charge on any atom is 0.220 e. The number of hydrogen-bond acceptors (Lipinski definition) is 5. The van der Waals surface area contributed by atoms with Crippen molar-refractivity contribution in [2.24, 2.45) is 5.73 Å². The molecule has 5 heteroatoms. The van der Waals surface area contributed by atoms with Crippen molar-refractivity contribution in [3.8, 4) is 11.8 Å². The number of aromatic nitrogens is 2. The van der Waals surface area contributed by atoms with Crippen LogP contribution in [0, 0.1) is 6.92 Å². The first-order valence-electron chi connectivity index (χ1n) is 5.28. The van der Waals surface area contributed by atoms with Crippen LogP contribution in [0.2, 0.25) is 0 Å². The molecule has 0 saturated carbocycles. The number of nitrogens with zero attached hydrogens (tertiary/aromatic N) is 2. The molecule has 90 valence electrons. The summed E-state index contributed by atoms with van der Waals surface area (Å²) in [5, 5.41) is 0. The van der Waals surface area contributed by atoms with E-state index in [9.17, 15) is 0 Å². The summed E-state index contributed by atoms with van der Waals surface area (Å²) < 4.78 is 10.6. The smallest absolute Gasteiger partial charge is 0.220 e. The molecule has 0 aliphatic carbocycles. The standard InChI is InChI=1S/C11H19N3O2/c1-5-11(3,12)7-16-10-6-9(15-4)13-8(2)14-10/h6H,5,7,12H2,1-4H3. The van der Waals surface area contributed by atoms with E-state index < -0.39 is 0 Å². The molecule has 1 aromatic heterocycles. The van der Waals surface area contributed by atoms with Gasteiger partial charge in [-0.05, 0) is 20.3 Å². The number of hydrogen-bond donors (Lipinski definition) is 1. The molecule has 0 bridgehead atoms. The molecule has 1 atom stereocenters. The van der Waals surface area contributed by atoms with Crippen LogP contribution < -0.4 is 15.2 Å².